The Labute approximate surface area is 193 Å². The van der Waals surface area contributed by atoms with Gasteiger partial charge in [-0.1, -0.05) is 37.3 Å². The quantitative estimate of drug-likeness (QED) is 0.325. The van der Waals surface area contributed by atoms with Crippen LogP contribution in [0.25, 0.3) is 0 Å². The van der Waals surface area contributed by atoms with E-state index < -0.39 is 32.8 Å². The summed E-state index contributed by atoms with van der Waals surface area (Å²) in [5, 5.41) is -1.98. The molecule has 5 rings (SSSR count). The molecule has 4 saturated carbocycles. The summed E-state index contributed by atoms with van der Waals surface area (Å²) in [4.78, 5) is 26.4. The number of ketones is 1. The largest absolute Gasteiger partial charge is 0.393 e. The average molecular weight is 479 g/mol. The molecular weight excluding hydrogens is 439 g/mol. The number of hydrogen-bond donors (Lipinski definition) is 1. The van der Waals surface area contributed by atoms with Gasteiger partial charge in [0, 0.05) is 11.0 Å². The van der Waals surface area contributed by atoms with E-state index in [1.165, 1.54) is 19.3 Å². The van der Waals surface area contributed by atoms with Gasteiger partial charge in [-0.15, -0.1) is 0 Å². The number of hydrogen-bond acceptors (Lipinski definition) is 4. The predicted octanol–water partition coefficient (Wildman–Crippen LogP) is 6.48. The van der Waals surface area contributed by atoms with E-state index in [0.29, 0.717) is 29.7 Å². The lowest BCUT2D eigenvalue weighted by molar-refractivity contribution is -0.156. The molecule has 4 aliphatic rings. The Kier molecular flexibility index (Phi) is 6.44. The monoisotopic (exact) mass is 478 g/mol. The first kappa shape index (κ1) is 24.3. The van der Waals surface area contributed by atoms with E-state index >= 15 is 0 Å². The van der Waals surface area contributed by atoms with E-state index in [2.05, 4.69) is 0 Å². The molecule has 32 heavy (non-hydrogen) atoms. The topological polar surface area (TPSA) is 72.8 Å². The normalized spacial score (nSPS) is 34.0. The fourth-order valence-corrected chi connectivity index (χ4v) is 11.0. The molecule has 0 spiro atoms. The molecule has 178 valence electrons. The van der Waals surface area contributed by atoms with E-state index in [-0.39, 0.29) is 5.78 Å². The summed E-state index contributed by atoms with van der Waals surface area (Å²) in [5.41, 5.74) is -0.140. The van der Waals surface area contributed by atoms with E-state index in [9.17, 15) is 14.3 Å². The van der Waals surface area contributed by atoms with Crippen LogP contribution < -0.4 is 0 Å². The molecule has 1 aromatic rings. The van der Waals surface area contributed by atoms with Gasteiger partial charge in [0.05, 0.1) is 6.10 Å². The summed E-state index contributed by atoms with van der Waals surface area (Å²) in [7, 11) is -7.00. The fourth-order valence-electron chi connectivity index (χ4n) is 6.83. The lowest BCUT2D eigenvalue weighted by Gasteiger charge is -2.58. The van der Waals surface area contributed by atoms with Crippen LogP contribution in [0.15, 0.2) is 30.3 Å². The van der Waals surface area contributed by atoms with Crippen molar-refractivity contribution >= 4 is 21.7 Å². The van der Waals surface area contributed by atoms with Gasteiger partial charge in [-0.05, 0) is 89.3 Å². The summed E-state index contributed by atoms with van der Waals surface area (Å²) in [6, 6.07) is 9.01. The van der Waals surface area contributed by atoms with Gasteiger partial charge in [0.15, 0.2) is 14.1 Å². The van der Waals surface area contributed by atoms with E-state index in [0.717, 1.165) is 19.3 Å². The molecule has 4 bridgehead atoms. The van der Waals surface area contributed by atoms with E-state index in [1.54, 1.807) is 19.1 Å². The van der Waals surface area contributed by atoms with Crippen molar-refractivity contribution < 1.29 is 23.2 Å². The summed E-state index contributed by atoms with van der Waals surface area (Å²) >= 11 is 0. The van der Waals surface area contributed by atoms with Crippen molar-refractivity contribution in [3.05, 3.63) is 35.9 Å². The average Bonchev–Trinajstić information content (AvgIpc) is 2.70. The minimum absolute atomic E-state index is 0.202. The van der Waals surface area contributed by atoms with Crippen molar-refractivity contribution in [3.8, 4) is 0 Å². The third-order valence-electron chi connectivity index (χ3n) is 7.74. The lowest BCUT2D eigenvalue weighted by atomic mass is 9.48. The third-order valence-corrected chi connectivity index (χ3v) is 10.8. The van der Waals surface area contributed by atoms with Crippen molar-refractivity contribution in [1.29, 1.82) is 0 Å². The summed E-state index contributed by atoms with van der Waals surface area (Å²) < 4.78 is 26.7. The van der Waals surface area contributed by atoms with Crippen LogP contribution in [0.5, 0.6) is 0 Å². The maximum Gasteiger partial charge on any atom is 0.371 e. The molecule has 0 saturated heterocycles. The second-order valence-corrected chi connectivity index (χ2v) is 17.9. The van der Waals surface area contributed by atoms with Crippen LogP contribution in [0.1, 0.15) is 64.4 Å². The first-order chi connectivity index (χ1) is 14.9. The maximum atomic E-state index is 14.8. The van der Waals surface area contributed by atoms with Gasteiger partial charge in [-0.3, -0.25) is 9.36 Å². The molecule has 5 nitrogen and oxygen atoms in total. The van der Waals surface area contributed by atoms with Gasteiger partial charge in [0.1, 0.15) is 0 Å². The molecule has 1 N–H and O–H groups in total. The molecule has 0 amide bonds. The second kappa shape index (κ2) is 8.46. The Morgan fingerprint density at radius 2 is 1.62 bits per heavy atom. The van der Waals surface area contributed by atoms with Crippen LogP contribution >= 0.6 is 7.60 Å². The highest BCUT2D eigenvalue weighted by molar-refractivity contribution is 7.55. The molecule has 3 unspecified atom stereocenters. The Balaban J connectivity index is 1.90. The van der Waals surface area contributed by atoms with Gasteiger partial charge in [-0.2, -0.15) is 0 Å². The highest BCUT2D eigenvalue weighted by Gasteiger charge is 2.67. The second-order valence-electron chi connectivity index (χ2n) is 11.6. The van der Waals surface area contributed by atoms with Crippen molar-refractivity contribution in [2.45, 2.75) is 89.9 Å². The molecule has 7 heteroatoms. The number of Topliss-reactive ketones (excluding diaryl/α,β-unsaturated/α-hetero) is 1. The van der Waals surface area contributed by atoms with Gasteiger partial charge in [0.2, 0.25) is 5.34 Å². The van der Waals surface area contributed by atoms with Crippen molar-refractivity contribution in [2.24, 2.45) is 23.2 Å². The number of carbonyl (C=O) groups excluding carboxylic acids is 1. The number of rotatable bonds is 9. The minimum atomic E-state index is -4.54. The fraction of sp³-hybridized carbons (Fsp3) is 0.720. The van der Waals surface area contributed by atoms with Crippen molar-refractivity contribution in [2.75, 3.05) is 0 Å². The van der Waals surface area contributed by atoms with Crippen LogP contribution in [-0.4, -0.2) is 25.1 Å². The molecule has 4 fully saturated rings. The van der Waals surface area contributed by atoms with Crippen molar-refractivity contribution in [1.82, 2.24) is 0 Å². The Hall–Kier alpha value is -0.783. The SMILES string of the molecule is CCC(C)OP(=O)(O)C(O[Si](C)(C)C)(C(=O)C12CC3CC(CC(C3)C1)C2)c1ccccc1. The Morgan fingerprint density at radius 3 is 2.06 bits per heavy atom. The van der Waals surface area contributed by atoms with Gasteiger partial charge < -0.3 is 13.8 Å². The third kappa shape index (κ3) is 4.22. The molecule has 0 aliphatic heterocycles. The van der Waals surface area contributed by atoms with Gasteiger partial charge in [0.25, 0.3) is 0 Å². The van der Waals surface area contributed by atoms with Crippen LogP contribution in [0.2, 0.25) is 19.6 Å². The number of carbonyl (C=O) groups is 1. The van der Waals surface area contributed by atoms with E-state index in [1.807, 2.05) is 44.8 Å². The molecule has 0 aromatic heterocycles. The lowest BCUT2D eigenvalue weighted by Crippen LogP contribution is -2.58. The number of benzene rings is 1. The van der Waals surface area contributed by atoms with Crippen LogP contribution in [0.4, 0.5) is 0 Å². The Morgan fingerprint density at radius 1 is 1.12 bits per heavy atom. The van der Waals surface area contributed by atoms with Crippen LogP contribution in [0.3, 0.4) is 0 Å². The molecular formula is C25H39O5PSi. The van der Waals surface area contributed by atoms with Gasteiger partial charge >= 0.3 is 7.60 Å². The highest BCUT2D eigenvalue weighted by Crippen LogP contribution is 2.69. The summed E-state index contributed by atoms with van der Waals surface area (Å²) in [6.07, 6.45) is 6.14. The zero-order valence-corrected chi connectivity index (χ0v) is 22.1. The highest BCUT2D eigenvalue weighted by atomic mass is 31.2. The van der Waals surface area contributed by atoms with E-state index in [4.69, 9.17) is 8.95 Å². The summed E-state index contributed by atoms with van der Waals surface area (Å²) in [5.74, 6) is 1.42. The predicted molar refractivity (Wildman–Crippen MR) is 129 cm³/mol. The molecule has 0 heterocycles. The zero-order valence-electron chi connectivity index (χ0n) is 20.2. The Bertz CT molecular complexity index is 860. The van der Waals surface area contributed by atoms with Crippen LogP contribution in [0, 0.1) is 23.2 Å². The minimum Gasteiger partial charge on any atom is -0.393 e. The molecule has 4 aliphatic carbocycles. The first-order valence-corrected chi connectivity index (χ1v) is 17.2. The smallest absolute Gasteiger partial charge is 0.371 e. The zero-order chi connectivity index (χ0) is 23.4. The standard InChI is InChI=1S/C25H39O5PSi/c1-6-18(2)29-31(27,28)25(30-32(3,4)5,22-10-8-7-9-11-22)23(26)24-15-19-12-20(16-24)14-21(13-19)17-24/h7-11,18-21H,6,12-17H2,1-5H3,(H,27,28). The molecule has 0 radical (unpaired) electrons. The van der Waals surface area contributed by atoms with Crippen molar-refractivity contribution in [3.63, 3.8) is 0 Å². The summed E-state index contributed by atoms with van der Waals surface area (Å²) in [6.45, 7) is 9.61. The first-order valence-electron chi connectivity index (χ1n) is 12.2. The van der Waals surface area contributed by atoms with Crippen LogP contribution in [-0.2, 0) is 23.7 Å². The molecule has 1 aromatic carbocycles. The molecule has 3 atom stereocenters. The van der Waals surface area contributed by atoms with Gasteiger partial charge in [-0.25, -0.2) is 0 Å². The maximum absolute atomic E-state index is 14.8.